The first kappa shape index (κ1) is 7.14. The summed E-state index contributed by atoms with van der Waals surface area (Å²) in [6.45, 7) is 0. The first-order valence-electron chi connectivity index (χ1n) is 4.60. The van der Waals surface area contributed by atoms with E-state index in [2.05, 4.69) is 5.16 Å². The quantitative estimate of drug-likeness (QED) is 0.420. The molecule has 0 aromatic carbocycles. The molecule has 2 aliphatic rings. The highest BCUT2D eigenvalue weighted by Gasteiger charge is 2.33. The van der Waals surface area contributed by atoms with Crippen molar-refractivity contribution in [1.82, 2.24) is 0 Å². The zero-order chi connectivity index (χ0) is 7.68. The molecule has 2 atom stereocenters. The highest BCUT2D eigenvalue weighted by molar-refractivity contribution is 5.86. The Labute approximate surface area is 67.3 Å². The third-order valence-corrected chi connectivity index (χ3v) is 3.20. The van der Waals surface area contributed by atoms with Crippen LogP contribution in [0.5, 0.6) is 0 Å². The molecule has 2 heteroatoms. The van der Waals surface area contributed by atoms with E-state index in [4.69, 9.17) is 5.21 Å². The molecular weight excluding hydrogens is 138 g/mol. The molecule has 0 spiro atoms. The van der Waals surface area contributed by atoms with Crippen LogP contribution in [0.2, 0.25) is 0 Å². The Morgan fingerprint density at radius 1 is 1.09 bits per heavy atom. The summed E-state index contributed by atoms with van der Waals surface area (Å²) in [5.41, 5.74) is 1.04. The van der Waals surface area contributed by atoms with Crippen molar-refractivity contribution in [3.05, 3.63) is 0 Å². The second kappa shape index (κ2) is 2.84. The van der Waals surface area contributed by atoms with Gasteiger partial charge in [0, 0.05) is 0 Å². The van der Waals surface area contributed by atoms with Crippen LogP contribution in [0, 0.1) is 11.8 Å². The van der Waals surface area contributed by atoms with E-state index >= 15 is 0 Å². The molecule has 2 saturated carbocycles. The van der Waals surface area contributed by atoms with Crippen LogP contribution in [0.4, 0.5) is 0 Å². The van der Waals surface area contributed by atoms with Gasteiger partial charge in [-0.2, -0.15) is 0 Å². The largest absolute Gasteiger partial charge is 0.411 e. The van der Waals surface area contributed by atoms with E-state index in [0.29, 0.717) is 0 Å². The summed E-state index contributed by atoms with van der Waals surface area (Å²) in [4.78, 5) is 0. The van der Waals surface area contributed by atoms with Gasteiger partial charge in [-0.3, -0.25) is 0 Å². The Kier molecular flexibility index (Phi) is 1.84. The van der Waals surface area contributed by atoms with Gasteiger partial charge in [-0.15, -0.1) is 0 Å². The SMILES string of the molecule is ON=C1C[C@H]2CCCC[C@H]2C1. The molecular formula is C9H15NO. The summed E-state index contributed by atoms with van der Waals surface area (Å²) in [6, 6.07) is 0. The minimum absolute atomic E-state index is 0.856. The molecule has 0 saturated heterocycles. The minimum atomic E-state index is 0.856. The molecule has 0 aromatic rings. The van der Waals surface area contributed by atoms with Gasteiger partial charge in [-0.25, -0.2) is 0 Å². The third-order valence-electron chi connectivity index (χ3n) is 3.20. The summed E-state index contributed by atoms with van der Waals surface area (Å²) in [7, 11) is 0. The van der Waals surface area contributed by atoms with Gasteiger partial charge in [-0.05, 0) is 37.5 Å². The van der Waals surface area contributed by atoms with E-state index in [1.165, 1.54) is 25.7 Å². The van der Waals surface area contributed by atoms with Crippen LogP contribution < -0.4 is 0 Å². The van der Waals surface area contributed by atoms with Crippen molar-refractivity contribution in [3.63, 3.8) is 0 Å². The molecule has 0 unspecified atom stereocenters. The van der Waals surface area contributed by atoms with Crippen molar-refractivity contribution in [2.75, 3.05) is 0 Å². The Bertz CT molecular complexity index is 160. The predicted molar refractivity (Wildman–Crippen MR) is 43.9 cm³/mol. The van der Waals surface area contributed by atoms with Crippen LogP contribution in [-0.2, 0) is 0 Å². The van der Waals surface area contributed by atoms with Gasteiger partial charge in [0.1, 0.15) is 0 Å². The summed E-state index contributed by atoms with van der Waals surface area (Å²) in [6.07, 6.45) is 7.65. The zero-order valence-electron chi connectivity index (χ0n) is 6.79. The van der Waals surface area contributed by atoms with Crippen LogP contribution in [0.15, 0.2) is 5.16 Å². The second-order valence-corrected chi connectivity index (χ2v) is 3.88. The standard InChI is InChI=1S/C9H15NO/c11-10-9-5-7-3-1-2-4-8(7)6-9/h7-8,11H,1-6H2/t7-,8+. The summed E-state index contributed by atoms with van der Waals surface area (Å²) < 4.78 is 0. The maximum absolute atomic E-state index is 8.60. The summed E-state index contributed by atoms with van der Waals surface area (Å²) >= 11 is 0. The summed E-state index contributed by atoms with van der Waals surface area (Å²) in [5, 5.41) is 11.9. The molecule has 0 amide bonds. The fraction of sp³-hybridized carbons (Fsp3) is 0.889. The average molecular weight is 153 g/mol. The molecule has 2 nitrogen and oxygen atoms in total. The summed E-state index contributed by atoms with van der Waals surface area (Å²) in [5.74, 6) is 1.71. The number of hydrogen-bond donors (Lipinski definition) is 1. The number of oxime groups is 1. The first-order valence-corrected chi connectivity index (χ1v) is 4.60. The zero-order valence-corrected chi connectivity index (χ0v) is 6.79. The lowest BCUT2D eigenvalue weighted by molar-refractivity contribution is 0.277. The fourth-order valence-corrected chi connectivity index (χ4v) is 2.59. The number of rotatable bonds is 0. The third kappa shape index (κ3) is 1.26. The van der Waals surface area contributed by atoms with Crippen LogP contribution >= 0.6 is 0 Å². The van der Waals surface area contributed by atoms with Crippen LogP contribution in [-0.4, -0.2) is 10.9 Å². The Morgan fingerprint density at radius 3 is 2.09 bits per heavy atom. The van der Waals surface area contributed by atoms with Crippen LogP contribution in [0.1, 0.15) is 38.5 Å². The monoisotopic (exact) mass is 153 g/mol. The molecule has 0 heterocycles. The van der Waals surface area contributed by atoms with E-state index < -0.39 is 0 Å². The smallest absolute Gasteiger partial charge is 0.0576 e. The Hall–Kier alpha value is -0.530. The molecule has 2 aliphatic carbocycles. The molecule has 11 heavy (non-hydrogen) atoms. The second-order valence-electron chi connectivity index (χ2n) is 3.88. The first-order chi connectivity index (χ1) is 5.40. The van der Waals surface area contributed by atoms with Crippen molar-refractivity contribution in [1.29, 1.82) is 0 Å². The minimum Gasteiger partial charge on any atom is -0.411 e. The lowest BCUT2D eigenvalue weighted by Crippen LogP contribution is -2.12. The molecule has 62 valence electrons. The lowest BCUT2D eigenvalue weighted by Gasteiger charge is -2.23. The van der Waals surface area contributed by atoms with Crippen molar-refractivity contribution in [2.45, 2.75) is 38.5 Å². The Balaban J connectivity index is 2.03. The van der Waals surface area contributed by atoms with Crippen LogP contribution in [0.25, 0.3) is 0 Å². The molecule has 2 rings (SSSR count). The van der Waals surface area contributed by atoms with E-state index in [1.54, 1.807) is 0 Å². The van der Waals surface area contributed by atoms with Gasteiger partial charge < -0.3 is 5.21 Å². The highest BCUT2D eigenvalue weighted by atomic mass is 16.4. The van der Waals surface area contributed by atoms with E-state index in [1.807, 2.05) is 0 Å². The average Bonchev–Trinajstić information content (AvgIpc) is 2.46. The molecule has 0 radical (unpaired) electrons. The number of nitrogens with zero attached hydrogens (tertiary/aromatic N) is 1. The van der Waals surface area contributed by atoms with Crippen LogP contribution in [0.3, 0.4) is 0 Å². The van der Waals surface area contributed by atoms with E-state index in [0.717, 1.165) is 30.4 Å². The van der Waals surface area contributed by atoms with Crippen molar-refractivity contribution >= 4 is 5.71 Å². The van der Waals surface area contributed by atoms with Crippen molar-refractivity contribution in [2.24, 2.45) is 17.0 Å². The Morgan fingerprint density at radius 2 is 1.64 bits per heavy atom. The normalized spacial score (nSPS) is 40.9. The topological polar surface area (TPSA) is 32.6 Å². The highest BCUT2D eigenvalue weighted by Crippen LogP contribution is 2.40. The van der Waals surface area contributed by atoms with Crippen molar-refractivity contribution < 1.29 is 5.21 Å². The number of hydrogen-bond acceptors (Lipinski definition) is 2. The van der Waals surface area contributed by atoms with Gasteiger partial charge in [0.2, 0.25) is 0 Å². The molecule has 1 N–H and O–H groups in total. The lowest BCUT2D eigenvalue weighted by atomic mass is 9.82. The fourth-order valence-electron chi connectivity index (χ4n) is 2.59. The van der Waals surface area contributed by atoms with Gasteiger partial charge in [0.15, 0.2) is 0 Å². The van der Waals surface area contributed by atoms with E-state index in [9.17, 15) is 0 Å². The molecule has 0 aromatic heterocycles. The van der Waals surface area contributed by atoms with Gasteiger partial charge >= 0.3 is 0 Å². The molecule has 0 aliphatic heterocycles. The van der Waals surface area contributed by atoms with Crippen molar-refractivity contribution in [3.8, 4) is 0 Å². The van der Waals surface area contributed by atoms with Gasteiger partial charge in [0.25, 0.3) is 0 Å². The van der Waals surface area contributed by atoms with Gasteiger partial charge in [0.05, 0.1) is 5.71 Å². The number of fused-ring (bicyclic) bond motifs is 1. The maximum atomic E-state index is 8.60. The molecule has 0 bridgehead atoms. The van der Waals surface area contributed by atoms with E-state index in [-0.39, 0.29) is 0 Å². The van der Waals surface area contributed by atoms with Gasteiger partial charge in [-0.1, -0.05) is 18.0 Å². The maximum Gasteiger partial charge on any atom is 0.0576 e. The molecule has 2 fully saturated rings. The predicted octanol–water partition coefficient (Wildman–Crippen LogP) is 2.42.